The van der Waals surface area contributed by atoms with Gasteiger partial charge < -0.3 is 14.7 Å². The van der Waals surface area contributed by atoms with Crippen LogP contribution in [-0.2, 0) is 11.3 Å². The van der Waals surface area contributed by atoms with E-state index in [-0.39, 0.29) is 6.61 Å². The van der Waals surface area contributed by atoms with E-state index in [0.29, 0.717) is 6.42 Å². The SMILES string of the molecule is O=C(NC(O)CCN1CCCC1)OCc1ccccc1. The fraction of sp³-hybridized carbons (Fsp3) is 0.533. The van der Waals surface area contributed by atoms with Crippen molar-refractivity contribution in [3.8, 4) is 0 Å². The average Bonchev–Trinajstić information content (AvgIpc) is 2.97. The summed E-state index contributed by atoms with van der Waals surface area (Å²) in [6.07, 6.45) is 1.55. The summed E-state index contributed by atoms with van der Waals surface area (Å²) in [4.78, 5) is 13.8. The lowest BCUT2D eigenvalue weighted by molar-refractivity contribution is 0.0847. The van der Waals surface area contributed by atoms with Gasteiger partial charge in [0.1, 0.15) is 12.8 Å². The van der Waals surface area contributed by atoms with Crippen molar-refractivity contribution in [3.63, 3.8) is 0 Å². The molecule has 1 atom stereocenters. The highest BCUT2D eigenvalue weighted by molar-refractivity contribution is 5.67. The van der Waals surface area contributed by atoms with Crippen molar-refractivity contribution in [2.75, 3.05) is 19.6 Å². The number of carbonyl (C=O) groups is 1. The second-order valence-electron chi connectivity index (χ2n) is 5.06. The Kier molecular flexibility index (Phi) is 5.83. The highest BCUT2D eigenvalue weighted by Gasteiger charge is 2.15. The molecule has 2 rings (SSSR count). The van der Waals surface area contributed by atoms with Gasteiger partial charge in [-0.25, -0.2) is 4.79 Å². The molecule has 1 aromatic carbocycles. The molecule has 20 heavy (non-hydrogen) atoms. The van der Waals surface area contributed by atoms with E-state index in [0.717, 1.165) is 25.2 Å². The van der Waals surface area contributed by atoms with Gasteiger partial charge in [0.25, 0.3) is 0 Å². The lowest BCUT2D eigenvalue weighted by Crippen LogP contribution is -2.37. The molecule has 2 N–H and O–H groups in total. The first-order chi connectivity index (χ1) is 9.74. The second kappa shape index (κ2) is 7.87. The quantitative estimate of drug-likeness (QED) is 0.778. The molecule has 1 fully saturated rings. The third-order valence-corrected chi connectivity index (χ3v) is 3.41. The Bertz CT molecular complexity index is 405. The van der Waals surface area contributed by atoms with Crippen LogP contribution < -0.4 is 5.32 Å². The molecule has 0 radical (unpaired) electrons. The molecule has 5 nitrogen and oxygen atoms in total. The number of ether oxygens (including phenoxy) is 1. The minimum Gasteiger partial charge on any atom is -0.445 e. The standard InChI is InChI=1S/C15H22N2O3/c18-14(8-11-17-9-4-5-10-17)16-15(19)20-12-13-6-2-1-3-7-13/h1-3,6-7,14,18H,4-5,8-12H2,(H,16,19). The highest BCUT2D eigenvalue weighted by Crippen LogP contribution is 2.08. The molecule has 0 spiro atoms. The molecule has 110 valence electrons. The Balaban J connectivity index is 1.60. The largest absolute Gasteiger partial charge is 0.445 e. The van der Waals surface area contributed by atoms with Crippen molar-refractivity contribution < 1.29 is 14.6 Å². The van der Waals surface area contributed by atoms with Crippen molar-refractivity contribution in [1.29, 1.82) is 0 Å². The smallest absolute Gasteiger partial charge is 0.409 e. The van der Waals surface area contributed by atoms with Crippen LogP contribution in [0.2, 0.25) is 0 Å². The second-order valence-corrected chi connectivity index (χ2v) is 5.06. The van der Waals surface area contributed by atoms with Gasteiger partial charge in [-0.15, -0.1) is 0 Å². The number of likely N-dealkylation sites (tertiary alicyclic amines) is 1. The van der Waals surface area contributed by atoms with Gasteiger partial charge in [-0.05, 0) is 31.5 Å². The van der Waals surface area contributed by atoms with Crippen LogP contribution in [0.1, 0.15) is 24.8 Å². The van der Waals surface area contributed by atoms with Gasteiger partial charge in [0.15, 0.2) is 0 Å². The number of nitrogens with one attached hydrogen (secondary N) is 1. The van der Waals surface area contributed by atoms with Crippen molar-refractivity contribution in [1.82, 2.24) is 10.2 Å². The molecule has 0 aliphatic carbocycles. The molecule has 0 saturated carbocycles. The number of benzene rings is 1. The van der Waals surface area contributed by atoms with Crippen molar-refractivity contribution in [3.05, 3.63) is 35.9 Å². The number of hydrogen-bond acceptors (Lipinski definition) is 4. The van der Waals surface area contributed by atoms with E-state index in [1.54, 1.807) is 0 Å². The highest BCUT2D eigenvalue weighted by atomic mass is 16.6. The molecule has 1 amide bonds. The number of carbonyl (C=O) groups excluding carboxylic acids is 1. The molecule has 0 bridgehead atoms. The maximum Gasteiger partial charge on any atom is 0.409 e. The summed E-state index contributed by atoms with van der Waals surface area (Å²) in [5.74, 6) is 0. The number of hydrogen-bond donors (Lipinski definition) is 2. The zero-order valence-electron chi connectivity index (χ0n) is 11.6. The lowest BCUT2D eigenvalue weighted by Gasteiger charge is -2.18. The van der Waals surface area contributed by atoms with Crippen molar-refractivity contribution >= 4 is 6.09 Å². The number of amides is 1. The summed E-state index contributed by atoms with van der Waals surface area (Å²) in [6.45, 7) is 3.20. The average molecular weight is 278 g/mol. The van der Waals surface area contributed by atoms with Crippen molar-refractivity contribution in [2.45, 2.75) is 32.1 Å². The molecule has 1 aliphatic heterocycles. The Hall–Kier alpha value is -1.59. The van der Waals surface area contributed by atoms with E-state index in [2.05, 4.69) is 10.2 Å². The van der Waals surface area contributed by atoms with Gasteiger partial charge in [-0.1, -0.05) is 30.3 Å². The summed E-state index contributed by atoms with van der Waals surface area (Å²) in [5, 5.41) is 12.2. The Morgan fingerprint density at radius 1 is 1.30 bits per heavy atom. The van der Waals surface area contributed by atoms with Crippen LogP contribution in [0.4, 0.5) is 4.79 Å². The maximum atomic E-state index is 11.5. The summed E-state index contributed by atoms with van der Waals surface area (Å²) in [7, 11) is 0. The normalized spacial score (nSPS) is 16.9. The zero-order valence-corrected chi connectivity index (χ0v) is 11.6. The van der Waals surface area contributed by atoms with Crippen LogP contribution in [0.5, 0.6) is 0 Å². The number of aliphatic hydroxyl groups excluding tert-OH is 1. The number of aliphatic hydroxyl groups is 1. The first-order valence-electron chi connectivity index (χ1n) is 7.11. The van der Waals surface area contributed by atoms with Crippen LogP contribution in [0.15, 0.2) is 30.3 Å². The minimum absolute atomic E-state index is 0.214. The number of rotatable bonds is 6. The van der Waals surface area contributed by atoms with Gasteiger partial charge in [0.2, 0.25) is 0 Å². The molecule has 0 aromatic heterocycles. The minimum atomic E-state index is -0.848. The van der Waals surface area contributed by atoms with E-state index >= 15 is 0 Å². The van der Waals surface area contributed by atoms with Gasteiger partial charge in [0, 0.05) is 13.0 Å². The molecule has 1 aromatic rings. The van der Waals surface area contributed by atoms with E-state index < -0.39 is 12.3 Å². The molecule has 1 saturated heterocycles. The fourth-order valence-corrected chi connectivity index (χ4v) is 2.28. The van der Waals surface area contributed by atoms with E-state index in [9.17, 15) is 9.90 Å². The first-order valence-corrected chi connectivity index (χ1v) is 7.11. The van der Waals surface area contributed by atoms with Gasteiger partial charge >= 0.3 is 6.09 Å². The van der Waals surface area contributed by atoms with E-state index in [4.69, 9.17) is 4.74 Å². The van der Waals surface area contributed by atoms with Crippen LogP contribution in [0.3, 0.4) is 0 Å². The van der Waals surface area contributed by atoms with Gasteiger partial charge in [-0.3, -0.25) is 5.32 Å². The maximum absolute atomic E-state index is 11.5. The molecular formula is C15H22N2O3. The number of nitrogens with zero attached hydrogens (tertiary/aromatic N) is 1. The lowest BCUT2D eigenvalue weighted by atomic mass is 10.2. The molecular weight excluding hydrogens is 256 g/mol. The summed E-state index contributed by atoms with van der Waals surface area (Å²) in [5.41, 5.74) is 0.925. The predicted molar refractivity (Wildman–Crippen MR) is 76.1 cm³/mol. The van der Waals surface area contributed by atoms with Crippen LogP contribution in [0, 0.1) is 0 Å². The van der Waals surface area contributed by atoms with Crippen LogP contribution in [0.25, 0.3) is 0 Å². The monoisotopic (exact) mass is 278 g/mol. The van der Waals surface area contributed by atoms with E-state index in [1.807, 2.05) is 30.3 Å². The van der Waals surface area contributed by atoms with Crippen molar-refractivity contribution in [2.24, 2.45) is 0 Å². The van der Waals surface area contributed by atoms with Gasteiger partial charge in [-0.2, -0.15) is 0 Å². The summed E-state index contributed by atoms with van der Waals surface area (Å²) >= 11 is 0. The molecule has 1 heterocycles. The predicted octanol–water partition coefficient (Wildman–Crippen LogP) is 1.72. The molecule has 1 unspecified atom stereocenters. The fourth-order valence-electron chi connectivity index (χ4n) is 2.28. The van der Waals surface area contributed by atoms with E-state index in [1.165, 1.54) is 12.8 Å². The summed E-state index contributed by atoms with van der Waals surface area (Å²) < 4.78 is 5.05. The molecule has 5 heteroatoms. The van der Waals surface area contributed by atoms with Crippen LogP contribution in [-0.4, -0.2) is 42.0 Å². The Morgan fingerprint density at radius 3 is 2.70 bits per heavy atom. The third-order valence-electron chi connectivity index (χ3n) is 3.41. The van der Waals surface area contributed by atoms with Gasteiger partial charge in [0.05, 0.1) is 0 Å². The molecule has 1 aliphatic rings. The Morgan fingerprint density at radius 2 is 2.00 bits per heavy atom. The Labute approximate surface area is 119 Å². The third kappa shape index (κ3) is 5.19. The zero-order chi connectivity index (χ0) is 14.2. The summed E-state index contributed by atoms with van der Waals surface area (Å²) in [6, 6.07) is 9.46. The van der Waals surface area contributed by atoms with Crippen LogP contribution >= 0.6 is 0 Å². The first kappa shape index (κ1) is 14.8. The topological polar surface area (TPSA) is 61.8 Å². The number of alkyl carbamates (subject to hydrolysis) is 1.